The zero-order valence-electron chi connectivity index (χ0n) is 14.7. The molecule has 2 saturated carbocycles. The lowest BCUT2D eigenvalue weighted by Gasteiger charge is -2.53. The number of aliphatic hydroxyl groups is 1. The number of allylic oxidation sites excluding steroid dienone is 4. The summed E-state index contributed by atoms with van der Waals surface area (Å²) in [4.78, 5) is 4.95. The molecule has 4 rings (SSSR count). The molecule has 128 valence electrons. The fourth-order valence-electron chi connectivity index (χ4n) is 6.11. The molecule has 0 heterocycles. The van der Waals surface area contributed by atoms with Crippen molar-refractivity contribution in [3.63, 3.8) is 0 Å². The second kappa shape index (κ2) is 5.49. The Morgan fingerprint density at radius 1 is 1.33 bits per heavy atom. The highest BCUT2D eigenvalue weighted by atomic mass is 16.6. The number of rotatable bonds is 1. The van der Waals surface area contributed by atoms with Crippen molar-refractivity contribution >= 4 is 5.71 Å². The number of nitrogens with zero attached hydrogens (tertiary/aromatic N) is 1. The molecule has 3 nitrogen and oxygen atoms in total. The van der Waals surface area contributed by atoms with Gasteiger partial charge in [0.1, 0.15) is 12.7 Å². The summed E-state index contributed by atoms with van der Waals surface area (Å²) in [6, 6.07) is 0. The third kappa shape index (κ3) is 2.05. The van der Waals surface area contributed by atoms with Gasteiger partial charge in [-0.25, -0.2) is 0 Å². The molecule has 2 fully saturated rings. The summed E-state index contributed by atoms with van der Waals surface area (Å²) in [5.41, 5.74) is 1.41. The predicted molar refractivity (Wildman–Crippen MR) is 95.2 cm³/mol. The van der Waals surface area contributed by atoms with Crippen LogP contribution >= 0.6 is 0 Å². The van der Waals surface area contributed by atoms with Crippen LogP contribution < -0.4 is 0 Å². The van der Waals surface area contributed by atoms with Crippen molar-refractivity contribution in [2.75, 3.05) is 7.11 Å². The van der Waals surface area contributed by atoms with Gasteiger partial charge in [-0.2, -0.15) is 0 Å². The van der Waals surface area contributed by atoms with Crippen LogP contribution in [0.3, 0.4) is 0 Å². The normalized spacial score (nSPS) is 48.1. The summed E-state index contributed by atoms with van der Waals surface area (Å²) in [5, 5.41) is 15.1. The molecule has 0 saturated heterocycles. The summed E-state index contributed by atoms with van der Waals surface area (Å²) in [7, 11) is 1.61. The molecule has 6 atom stereocenters. The van der Waals surface area contributed by atoms with Crippen LogP contribution in [0.2, 0.25) is 0 Å². The molecule has 1 N–H and O–H groups in total. The number of hydrogen-bond donors (Lipinski definition) is 1. The standard InChI is InChI=1S/C21H27NO2/c1-4-21(23)12-10-19-18-7-5-14-13-15(22-24-3)6-8-16(14)17(18)9-11-20(19,21)2/h1,5,7,13,16-19,23H,6,8-12H2,2-3H3/b22-15-/t16-,17+,18+,19-,20-,21-/m0/s1. The van der Waals surface area contributed by atoms with Gasteiger partial charge in [0, 0.05) is 5.41 Å². The van der Waals surface area contributed by atoms with Gasteiger partial charge in [-0.3, -0.25) is 0 Å². The average molecular weight is 325 g/mol. The van der Waals surface area contributed by atoms with Gasteiger partial charge >= 0.3 is 0 Å². The SMILES string of the molecule is C#C[C@]1(O)CC[C@H]2[C@@H]3C=CC4=C/C(=N\OC)CC[C@@H]4[C@H]3CC[C@@]21C. The molecule has 4 aliphatic rings. The van der Waals surface area contributed by atoms with Crippen LogP contribution in [0.15, 0.2) is 29.0 Å². The van der Waals surface area contributed by atoms with Gasteiger partial charge in [-0.05, 0) is 73.8 Å². The van der Waals surface area contributed by atoms with E-state index in [9.17, 15) is 5.11 Å². The number of terminal acetylenes is 1. The summed E-state index contributed by atoms with van der Waals surface area (Å²) < 4.78 is 0. The van der Waals surface area contributed by atoms with Crippen LogP contribution in [0, 0.1) is 41.4 Å². The second-order valence-electron chi connectivity index (χ2n) is 8.26. The summed E-state index contributed by atoms with van der Waals surface area (Å²) in [5.74, 6) is 5.10. The van der Waals surface area contributed by atoms with E-state index in [0.717, 1.165) is 44.2 Å². The molecule has 0 radical (unpaired) electrons. The van der Waals surface area contributed by atoms with Crippen molar-refractivity contribution in [3.05, 3.63) is 23.8 Å². The van der Waals surface area contributed by atoms with Gasteiger partial charge in [0.2, 0.25) is 0 Å². The minimum Gasteiger partial charge on any atom is -0.399 e. The molecule has 0 unspecified atom stereocenters. The van der Waals surface area contributed by atoms with Gasteiger partial charge in [0.25, 0.3) is 0 Å². The number of fused-ring (bicyclic) bond motifs is 5. The fourth-order valence-corrected chi connectivity index (χ4v) is 6.11. The van der Waals surface area contributed by atoms with Crippen molar-refractivity contribution < 1.29 is 9.94 Å². The monoisotopic (exact) mass is 325 g/mol. The lowest BCUT2D eigenvalue weighted by Crippen LogP contribution is -2.51. The van der Waals surface area contributed by atoms with E-state index in [-0.39, 0.29) is 5.41 Å². The zero-order valence-corrected chi connectivity index (χ0v) is 14.7. The molecule has 4 aliphatic carbocycles. The second-order valence-corrected chi connectivity index (χ2v) is 8.26. The molecule has 3 heteroatoms. The van der Waals surface area contributed by atoms with Gasteiger partial charge in [-0.15, -0.1) is 6.42 Å². The predicted octanol–water partition coefficient (Wildman–Crippen LogP) is 3.70. The van der Waals surface area contributed by atoms with Gasteiger partial charge in [0.05, 0.1) is 5.71 Å². The first-order chi connectivity index (χ1) is 11.5. The van der Waals surface area contributed by atoms with E-state index in [1.54, 1.807) is 7.11 Å². The Morgan fingerprint density at radius 3 is 2.92 bits per heavy atom. The largest absolute Gasteiger partial charge is 0.399 e. The first-order valence-electron chi connectivity index (χ1n) is 9.22. The minimum absolute atomic E-state index is 0.133. The van der Waals surface area contributed by atoms with Crippen LogP contribution in [-0.4, -0.2) is 23.5 Å². The molecule has 0 spiro atoms. The first-order valence-corrected chi connectivity index (χ1v) is 9.22. The van der Waals surface area contributed by atoms with Crippen LogP contribution in [-0.2, 0) is 4.84 Å². The van der Waals surface area contributed by atoms with Gasteiger partial charge < -0.3 is 9.94 Å². The van der Waals surface area contributed by atoms with Crippen molar-refractivity contribution in [1.29, 1.82) is 0 Å². The number of oxime groups is 1. The van der Waals surface area contributed by atoms with Gasteiger partial charge in [0.15, 0.2) is 0 Å². The molecular formula is C21H27NO2. The lowest BCUT2D eigenvalue weighted by atomic mass is 9.52. The maximum Gasteiger partial charge on any atom is 0.130 e. The molecule has 0 aromatic rings. The van der Waals surface area contributed by atoms with Crippen molar-refractivity contribution in [3.8, 4) is 12.3 Å². The summed E-state index contributed by atoms with van der Waals surface area (Å²) in [6.45, 7) is 2.23. The Bertz CT molecular complexity index is 670. The Morgan fingerprint density at radius 2 is 2.17 bits per heavy atom. The van der Waals surface area contributed by atoms with Gasteiger partial charge in [-0.1, -0.05) is 30.2 Å². The zero-order chi connectivity index (χ0) is 16.9. The molecule has 24 heavy (non-hydrogen) atoms. The highest BCUT2D eigenvalue weighted by Crippen LogP contribution is 2.63. The van der Waals surface area contributed by atoms with E-state index in [1.165, 1.54) is 5.57 Å². The average Bonchev–Trinajstić information content (AvgIpc) is 2.87. The molecule has 0 aromatic heterocycles. The van der Waals surface area contributed by atoms with Crippen molar-refractivity contribution in [1.82, 2.24) is 0 Å². The van der Waals surface area contributed by atoms with Crippen LogP contribution in [0.4, 0.5) is 0 Å². The molecule has 0 aliphatic heterocycles. The van der Waals surface area contributed by atoms with E-state index >= 15 is 0 Å². The Balaban J connectivity index is 1.67. The topological polar surface area (TPSA) is 41.8 Å². The van der Waals surface area contributed by atoms with Crippen LogP contribution in [0.5, 0.6) is 0 Å². The molecule has 0 bridgehead atoms. The smallest absolute Gasteiger partial charge is 0.130 e. The van der Waals surface area contributed by atoms with Crippen LogP contribution in [0.1, 0.15) is 45.4 Å². The Hall–Kier alpha value is -1.53. The van der Waals surface area contributed by atoms with Crippen molar-refractivity contribution in [2.24, 2.45) is 34.2 Å². The highest BCUT2D eigenvalue weighted by Gasteiger charge is 2.61. The van der Waals surface area contributed by atoms with E-state index in [0.29, 0.717) is 23.7 Å². The number of hydrogen-bond acceptors (Lipinski definition) is 3. The van der Waals surface area contributed by atoms with Crippen molar-refractivity contribution in [2.45, 2.75) is 51.0 Å². The third-order valence-corrected chi connectivity index (χ3v) is 7.48. The van der Waals surface area contributed by atoms with Crippen LogP contribution in [0.25, 0.3) is 0 Å². The van der Waals surface area contributed by atoms with E-state index < -0.39 is 5.60 Å². The quantitative estimate of drug-likeness (QED) is 0.590. The molecule has 0 aromatic carbocycles. The van der Waals surface area contributed by atoms with E-state index in [4.69, 9.17) is 11.3 Å². The Labute approximate surface area is 144 Å². The minimum atomic E-state index is -0.919. The van der Waals surface area contributed by atoms with E-state index in [1.807, 2.05) is 0 Å². The third-order valence-electron chi connectivity index (χ3n) is 7.48. The molecular weight excluding hydrogens is 298 g/mol. The first kappa shape index (κ1) is 16.0. The molecule has 0 amide bonds. The highest BCUT2D eigenvalue weighted by molar-refractivity contribution is 5.96. The van der Waals surface area contributed by atoms with E-state index in [2.05, 4.69) is 36.2 Å². The Kier molecular flexibility index (Phi) is 3.65. The lowest BCUT2D eigenvalue weighted by molar-refractivity contribution is -0.0699. The summed E-state index contributed by atoms with van der Waals surface area (Å²) >= 11 is 0. The maximum atomic E-state index is 11.0. The summed E-state index contributed by atoms with van der Waals surface area (Å²) in [6.07, 6.45) is 18.8. The fraction of sp³-hybridized carbons (Fsp3) is 0.667. The maximum absolute atomic E-state index is 11.0.